The molecule has 0 saturated heterocycles. The van der Waals surface area contributed by atoms with Crippen molar-refractivity contribution < 1.29 is 28.6 Å². The molecule has 368 valence electrons. The fraction of sp³-hybridized carbons (Fsp3) is 0.741. The largest absolute Gasteiger partial charge is 0.462 e. The number of ether oxygens (including phenoxy) is 3. The van der Waals surface area contributed by atoms with Crippen LogP contribution in [-0.2, 0) is 28.6 Å². The fourth-order valence-corrected chi connectivity index (χ4v) is 7.41. The molecule has 1 unspecified atom stereocenters. The van der Waals surface area contributed by atoms with Gasteiger partial charge in [0.25, 0.3) is 0 Å². The third-order valence-electron chi connectivity index (χ3n) is 11.4. The van der Waals surface area contributed by atoms with Crippen LogP contribution in [0.5, 0.6) is 0 Å². The highest BCUT2D eigenvalue weighted by molar-refractivity contribution is 5.71. The summed E-state index contributed by atoms with van der Waals surface area (Å²) in [6.07, 6.45) is 66.5. The lowest BCUT2D eigenvalue weighted by Crippen LogP contribution is -2.30. The summed E-state index contributed by atoms with van der Waals surface area (Å²) in [5.74, 6) is -0.964. The van der Waals surface area contributed by atoms with E-state index in [9.17, 15) is 14.4 Å². The van der Waals surface area contributed by atoms with Gasteiger partial charge in [0.2, 0.25) is 0 Å². The van der Waals surface area contributed by atoms with E-state index in [1.807, 2.05) is 0 Å². The van der Waals surface area contributed by atoms with E-state index >= 15 is 0 Å². The summed E-state index contributed by atoms with van der Waals surface area (Å²) in [5.41, 5.74) is 0. The standard InChI is InChI=1S/C58H100O6/c1-4-7-10-13-16-18-20-22-24-26-27-28-29-30-31-33-34-36-38-40-42-45-48-51-57(60)63-54-55(53-62-56(59)50-47-44-15-12-9-6-3)64-58(61)52-49-46-43-41-39-37-35-32-25-23-21-19-17-14-11-8-5-2/h8,11,17,19,23,25-27,35,37,41,43,55H,4-7,9-10,12-16,18,20-22,24,28-34,36,38-40,42,44-54H2,1-3H3/b11-8-,19-17-,25-23-,27-26-,37-35-,43-41-. The van der Waals surface area contributed by atoms with Gasteiger partial charge in [-0.25, -0.2) is 0 Å². The van der Waals surface area contributed by atoms with Crippen LogP contribution in [0.3, 0.4) is 0 Å². The first-order valence-electron chi connectivity index (χ1n) is 26.9. The monoisotopic (exact) mass is 893 g/mol. The zero-order valence-electron chi connectivity index (χ0n) is 42.0. The summed E-state index contributed by atoms with van der Waals surface area (Å²) in [5, 5.41) is 0. The minimum Gasteiger partial charge on any atom is -0.462 e. The first-order chi connectivity index (χ1) is 31.5. The van der Waals surface area contributed by atoms with Crippen LogP contribution in [0.1, 0.15) is 258 Å². The molecule has 0 aromatic carbocycles. The molecule has 0 amide bonds. The Morgan fingerprint density at radius 2 is 0.625 bits per heavy atom. The molecule has 6 heteroatoms. The van der Waals surface area contributed by atoms with Crippen LogP contribution < -0.4 is 0 Å². The Kier molecular flexibility index (Phi) is 49.9. The molecule has 0 fully saturated rings. The van der Waals surface area contributed by atoms with Gasteiger partial charge in [0.05, 0.1) is 0 Å². The van der Waals surface area contributed by atoms with E-state index in [2.05, 4.69) is 93.7 Å². The lowest BCUT2D eigenvalue weighted by Gasteiger charge is -2.18. The van der Waals surface area contributed by atoms with Gasteiger partial charge in [0.15, 0.2) is 6.10 Å². The van der Waals surface area contributed by atoms with Gasteiger partial charge in [-0.2, -0.15) is 0 Å². The van der Waals surface area contributed by atoms with Crippen LogP contribution in [0.2, 0.25) is 0 Å². The van der Waals surface area contributed by atoms with Gasteiger partial charge >= 0.3 is 17.9 Å². The van der Waals surface area contributed by atoms with E-state index in [-0.39, 0.29) is 37.5 Å². The van der Waals surface area contributed by atoms with Crippen molar-refractivity contribution in [2.75, 3.05) is 13.2 Å². The molecule has 0 bridgehead atoms. The second-order valence-corrected chi connectivity index (χ2v) is 17.8. The molecule has 0 rings (SSSR count). The van der Waals surface area contributed by atoms with E-state index in [0.717, 1.165) is 77.0 Å². The number of rotatable bonds is 48. The summed E-state index contributed by atoms with van der Waals surface area (Å²) in [6.45, 7) is 6.42. The van der Waals surface area contributed by atoms with Gasteiger partial charge in [-0.15, -0.1) is 0 Å². The van der Waals surface area contributed by atoms with Crippen molar-refractivity contribution in [2.45, 2.75) is 264 Å². The van der Waals surface area contributed by atoms with Crippen molar-refractivity contribution in [1.82, 2.24) is 0 Å². The summed E-state index contributed by atoms with van der Waals surface area (Å²) >= 11 is 0. The molecule has 0 aliphatic rings. The van der Waals surface area contributed by atoms with Gasteiger partial charge in [-0.3, -0.25) is 14.4 Å². The maximum atomic E-state index is 12.7. The number of hydrogen-bond acceptors (Lipinski definition) is 6. The smallest absolute Gasteiger partial charge is 0.306 e. The number of unbranched alkanes of at least 4 members (excludes halogenated alkanes) is 25. The Hall–Kier alpha value is -3.15. The van der Waals surface area contributed by atoms with Crippen molar-refractivity contribution in [3.63, 3.8) is 0 Å². The molecule has 6 nitrogen and oxygen atoms in total. The predicted octanol–water partition coefficient (Wildman–Crippen LogP) is 17.8. The highest BCUT2D eigenvalue weighted by Crippen LogP contribution is 2.15. The maximum Gasteiger partial charge on any atom is 0.306 e. The summed E-state index contributed by atoms with van der Waals surface area (Å²) < 4.78 is 16.7. The zero-order chi connectivity index (χ0) is 46.5. The van der Waals surface area contributed by atoms with Gasteiger partial charge in [-0.05, 0) is 83.5 Å². The summed E-state index contributed by atoms with van der Waals surface area (Å²) in [7, 11) is 0. The Bertz CT molecular complexity index is 1210. The topological polar surface area (TPSA) is 78.9 Å². The molecule has 0 radical (unpaired) electrons. The summed E-state index contributed by atoms with van der Waals surface area (Å²) in [4.78, 5) is 37.8. The third kappa shape index (κ3) is 49.9. The van der Waals surface area contributed by atoms with Crippen LogP contribution >= 0.6 is 0 Å². The molecule has 0 aliphatic carbocycles. The minimum absolute atomic E-state index is 0.0975. The average Bonchev–Trinajstić information content (AvgIpc) is 3.29. The molecule has 1 atom stereocenters. The van der Waals surface area contributed by atoms with E-state index in [1.165, 1.54) is 135 Å². The van der Waals surface area contributed by atoms with E-state index in [0.29, 0.717) is 19.3 Å². The Balaban J connectivity index is 4.22. The van der Waals surface area contributed by atoms with Crippen molar-refractivity contribution in [3.8, 4) is 0 Å². The van der Waals surface area contributed by atoms with Crippen LogP contribution in [0.25, 0.3) is 0 Å². The normalized spacial score (nSPS) is 12.6. The lowest BCUT2D eigenvalue weighted by atomic mass is 10.0. The first kappa shape index (κ1) is 60.9. The molecule has 64 heavy (non-hydrogen) atoms. The highest BCUT2D eigenvalue weighted by atomic mass is 16.6. The Morgan fingerprint density at radius 1 is 0.328 bits per heavy atom. The molecule has 0 spiro atoms. The van der Waals surface area contributed by atoms with Crippen molar-refractivity contribution in [2.24, 2.45) is 0 Å². The fourth-order valence-electron chi connectivity index (χ4n) is 7.41. The average molecular weight is 893 g/mol. The number of carbonyl (C=O) groups excluding carboxylic acids is 3. The SMILES string of the molecule is CC/C=C\C/C=C\C/C=C\C/C=C\C/C=C\CCCC(=O)OC(COC(=O)CCCCCCCC)COC(=O)CCCCCCCCCCCCC/C=C\CCCCCCCCCC. The van der Waals surface area contributed by atoms with Gasteiger partial charge < -0.3 is 14.2 Å². The lowest BCUT2D eigenvalue weighted by molar-refractivity contribution is -0.167. The molecule has 0 aliphatic heterocycles. The van der Waals surface area contributed by atoms with E-state index < -0.39 is 6.10 Å². The molecule has 0 N–H and O–H groups in total. The number of allylic oxidation sites excluding steroid dienone is 12. The highest BCUT2D eigenvalue weighted by Gasteiger charge is 2.19. The van der Waals surface area contributed by atoms with Crippen LogP contribution in [0.15, 0.2) is 72.9 Å². The number of hydrogen-bond donors (Lipinski definition) is 0. The minimum atomic E-state index is -0.801. The van der Waals surface area contributed by atoms with Crippen LogP contribution in [0.4, 0.5) is 0 Å². The molecular formula is C58H100O6. The quantitative estimate of drug-likeness (QED) is 0.0262. The van der Waals surface area contributed by atoms with E-state index in [4.69, 9.17) is 14.2 Å². The maximum absolute atomic E-state index is 12.7. The third-order valence-corrected chi connectivity index (χ3v) is 11.4. The second kappa shape index (κ2) is 52.5. The second-order valence-electron chi connectivity index (χ2n) is 17.8. The molecule has 0 heterocycles. The van der Waals surface area contributed by atoms with Crippen molar-refractivity contribution >= 4 is 17.9 Å². The number of carbonyl (C=O) groups is 3. The van der Waals surface area contributed by atoms with Crippen molar-refractivity contribution in [1.29, 1.82) is 0 Å². The molecular weight excluding hydrogens is 793 g/mol. The molecule has 0 aromatic heterocycles. The van der Waals surface area contributed by atoms with Gasteiger partial charge in [-0.1, -0.05) is 229 Å². The van der Waals surface area contributed by atoms with Crippen molar-refractivity contribution in [3.05, 3.63) is 72.9 Å². The van der Waals surface area contributed by atoms with Gasteiger partial charge in [0.1, 0.15) is 13.2 Å². The molecule has 0 aromatic rings. The van der Waals surface area contributed by atoms with Crippen LogP contribution in [0, 0.1) is 0 Å². The van der Waals surface area contributed by atoms with E-state index in [1.54, 1.807) is 0 Å². The summed E-state index contributed by atoms with van der Waals surface area (Å²) in [6, 6.07) is 0. The van der Waals surface area contributed by atoms with Crippen LogP contribution in [-0.4, -0.2) is 37.2 Å². The predicted molar refractivity (Wildman–Crippen MR) is 274 cm³/mol. The zero-order valence-corrected chi connectivity index (χ0v) is 42.0. The van der Waals surface area contributed by atoms with Gasteiger partial charge in [0, 0.05) is 19.3 Å². The Morgan fingerprint density at radius 3 is 1.02 bits per heavy atom. The molecule has 0 saturated carbocycles. The Labute approximate surface area is 395 Å². The number of esters is 3. The first-order valence-corrected chi connectivity index (χ1v) is 26.9.